The van der Waals surface area contributed by atoms with E-state index in [0.29, 0.717) is 22.6 Å². The van der Waals surface area contributed by atoms with Crippen LogP contribution in [0.5, 0.6) is 0 Å². The molecule has 0 fully saturated rings. The van der Waals surface area contributed by atoms with Gasteiger partial charge in [0.1, 0.15) is 5.52 Å². The average molecular weight is 356 g/mol. The number of oxazole rings is 1. The second-order valence-electron chi connectivity index (χ2n) is 4.46. The summed E-state index contributed by atoms with van der Waals surface area (Å²) >= 11 is 3.46. The number of terminal acetylenes is 1. The minimum absolute atomic E-state index is 0.0576. The molecule has 3 rings (SSSR count). The topological polar surface area (TPSA) is 52.3 Å². The summed E-state index contributed by atoms with van der Waals surface area (Å²) in [5, 5.41) is 0. The predicted octanol–water partition coefficient (Wildman–Crippen LogP) is 4.05. The number of benzene rings is 2. The van der Waals surface area contributed by atoms with E-state index in [0.717, 1.165) is 10.0 Å². The number of ether oxygens (including phenoxy) is 1. The third-order valence-electron chi connectivity index (χ3n) is 3.01. The van der Waals surface area contributed by atoms with Gasteiger partial charge in [0.15, 0.2) is 12.2 Å². The highest BCUT2D eigenvalue weighted by atomic mass is 79.9. The van der Waals surface area contributed by atoms with E-state index in [9.17, 15) is 4.79 Å². The minimum Gasteiger partial charge on any atom is -0.449 e. The summed E-state index contributed by atoms with van der Waals surface area (Å²) in [7, 11) is 0. The summed E-state index contributed by atoms with van der Waals surface area (Å²) in [5.41, 5.74) is 2.41. The number of aromatic nitrogens is 1. The lowest BCUT2D eigenvalue weighted by Gasteiger charge is -1.99. The first-order chi connectivity index (χ1) is 10.7. The van der Waals surface area contributed by atoms with Gasteiger partial charge in [-0.05, 0) is 46.3 Å². The van der Waals surface area contributed by atoms with Gasteiger partial charge in [-0.25, -0.2) is 9.78 Å². The van der Waals surface area contributed by atoms with Crippen LogP contribution >= 0.6 is 15.9 Å². The molecule has 0 radical (unpaired) electrons. The monoisotopic (exact) mass is 355 g/mol. The smallest absolute Gasteiger partial charge is 0.339 e. The maximum atomic E-state index is 11.8. The van der Waals surface area contributed by atoms with Crippen LogP contribution in [0.15, 0.2) is 51.4 Å². The summed E-state index contributed by atoms with van der Waals surface area (Å²) in [4.78, 5) is 16.2. The van der Waals surface area contributed by atoms with Crippen molar-refractivity contribution in [1.82, 2.24) is 4.98 Å². The molecule has 0 aliphatic carbocycles. The first-order valence-electron chi connectivity index (χ1n) is 6.45. The number of fused-ring (bicyclic) bond motifs is 1. The third kappa shape index (κ3) is 2.74. The van der Waals surface area contributed by atoms with E-state index in [1.54, 1.807) is 18.2 Å². The van der Waals surface area contributed by atoms with Gasteiger partial charge in [0.05, 0.1) is 11.1 Å². The van der Waals surface area contributed by atoms with E-state index in [4.69, 9.17) is 15.6 Å². The molecule has 1 aromatic heterocycles. The molecule has 2 aromatic carbocycles. The van der Waals surface area contributed by atoms with E-state index in [-0.39, 0.29) is 6.61 Å². The van der Waals surface area contributed by atoms with Crippen molar-refractivity contribution in [2.24, 2.45) is 0 Å². The number of carbonyl (C=O) groups is 1. The molecule has 22 heavy (non-hydrogen) atoms. The quantitative estimate of drug-likeness (QED) is 0.525. The lowest BCUT2D eigenvalue weighted by Crippen LogP contribution is -2.04. The molecule has 0 saturated carbocycles. The molecular weight excluding hydrogens is 346 g/mol. The first-order valence-corrected chi connectivity index (χ1v) is 7.24. The molecule has 108 valence electrons. The van der Waals surface area contributed by atoms with Crippen molar-refractivity contribution in [3.8, 4) is 23.8 Å². The summed E-state index contributed by atoms with van der Waals surface area (Å²) in [5.74, 6) is 2.26. The van der Waals surface area contributed by atoms with Crippen LogP contribution in [-0.2, 0) is 4.74 Å². The maximum Gasteiger partial charge on any atom is 0.339 e. The second kappa shape index (κ2) is 6.04. The summed E-state index contributed by atoms with van der Waals surface area (Å²) in [6.07, 6.45) is 5.07. The van der Waals surface area contributed by atoms with Gasteiger partial charge in [-0.15, -0.1) is 6.42 Å². The maximum absolute atomic E-state index is 11.8. The van der Waals surface area contributed by atoms with Crippen LogP contribution in [0.3, 0.4) is 0 Å². The largest absolute Gasteiger partial charge is 0.449 e. The standard InChI is InChI=1S/C17H10BrNO3/c1-2-9-21-17(20)11-7-8-15-14(10-11)19-16(22-15)12-5-3-4-6-13(12)18/h1,3-8,10H,9H2. The number of hydrogen-bond donors (Lipinski definition) is 0. The number of hydrogen-bond acceptors (Lipinski definition) is 4. The summed E-state index contributed by atoms with van der Waals surface area (Å²) in [6, 6.07) is 12.6. The molecule has 0 unspecified atom stereocenters. The fourth-order valence-electron chi connectivity index (χ4n) is 1.99. The molecule has 0 atom stereocenters. The Kier molecular flexibility index (Phi) is 3.94. The van der Waals surface area contributed by atoms with E-state index in [1.165, 1.54) is 0 Å². The van der Waals surface area contributed by atoms with Crippen LogP contribution in [-0.4, -0.2) is 17.6 Å². The zero-order chi connectivity index (χ0) is 15.5. The number of esters is 1. The Balaban J connectivity index is 1.99. The molecule has 4 nitrogen and oxygen atoms in total. The molecular formula is C17H10BrNO3. The number of halogens is 1. The summed E-state index contributed by atoms with van der Waals surface area (Å²) < 4.78 is 11.5. The summed E-state index contributed by atoms with van der Waals surface area (Å²) in [6.45, 7) is -0.0576. The highest BCUT2D eigenvalue weighted by molar-refractivity contribution is 9.10. The van der Waals surface area contributed by atoms with Crippen molar-refractivity contribution in [1.29, 1.82) is 0 Å². The third-order valence-corrected chi connectivity index (χ3v) is 3.71. The highest BCUT2D eigenvalue weighted by Crippen LogP contribution is 2.30. The fraction of sp³-hybridized carbons (Fsp3) is 0.0588. The molecule has 5 heteroatoms. The Morgan fingerprint density at radius 3 is 2.91 bits per heavy atom. The molecule has 0 bridgehead atoms. The van der Waals surface area contributed by atoms with Gasteiger partial charge in [-0.1, -0.05) is 18.1 Å². The van der Waals surface area contributed by atoms with Crippen molar-refractivity contribution < 1.29 is 13.9 Å². The van der Waals surface area contributed by atoms with Crippen molar-refractivity contribution in [3.05, 3.63) is 52.5 Å². The Morgan fingerprint density at radius 2 is 2.14 bits per heavy atom. The fourth-order valence-corrected chi connectivity index (χ4v) is 2.45. The van der Waals surface area contributed by atoms with Gasteiger partial charge in [0.2, 0.25) is 5.89 Å². The Morgan fingerprint density at radius 1 is 1.32 bits per heavy atom. The molecule has 0 spiro atoms. The van der Waals surface area contributed by atoms with Crippen molar-refractivity contribution in [3.63, 3.8) is 0 Å². The van der Waals surface area contributed by atoms with Gasteiger partial charge in [-0.3, -0.25) is 0 Å². The van der Waals surface area contributed by atoms with E-state index >= 15 is 0 Å². The predicted molar refractivity (Wildman–Crippen MR) is 86.3 cm³/mol. The van der Waals surface area contributed by atoms with E-state index in [2.05, 4.69) is 26.8 Å². The van der Waals surface area contributed by atoms with Crippen LogP contribution in [0, 0.1) is 12.3 Å². The van der Waals surface area contributed by atoms with Gasteiger partial charge in [-0.2, -0.15) is 0 Å². The first kappa shape index (κ1) is 14.4. The SMILES string of the molecule is C#CCOC(=O)c1ccc2oc(-c3ccccc3Br)nc2c1. The van der Waals surface area contributed by atoms with Crippen LogP contribution in [0.25, 0.3) is 22.6 Å². The molecule has 0 N–H and O–H groups in total. The Hall–Kier alpha value is -2.58. The van der Waals surface area contributed by atoms with Crippen LogP contribution in [0.1, 0.15) is 10.4 Å². The lowest BCUT2D eigenvalue weighted by atomic mass is 10.2. The normalized spacial score (nSPS) is 10.4. The van der Waals surface area contributed by atoms with Crippen molar-refractivity contribution in [2.75, 3.05) is 6.61 Å². The van der Waals surface area contributed by atoms with Crippen LogP contribution in [0.2, 0.25) is 0 Å². The number of rotatable bonds is 3. The number of nitrogens with zero attached hydrogens (tertiary/aromatic N) is 1. The van der Waals surface area contributed by atoms with Gasteiger partial charge in [0.25, 0.3) is 0 Å². The minimum atomic E-state index is -0.481. The van der Waals surface area contributed by atoms with E-state index in [1.807, 2.05) is 24.3 Å². The molecule has 3 aromatic rings. The van der Waals surface area contributed by atoms with E-state index < -0.39 is 5.97 Å². The second-order valence-corrected chi connectivity index (χ2v) is 5.32. The Labute approximate surface area is 135 Å². The Bertz CT molecular complexity index is 892. The zero-order valence-corrected chi connectivity index (χ0v) is 13.0. The van der Waals surface area contributed by atoms with Gasteiger partial charge in [0, 0.05) is 4.47 Å². The molecule has 0 aliphatic rings. The van der Waals surface area contributed by atoms with Gasteiger partial charge >= 0.3 is 5.97 Å². The van der Waals surface area contributed by atoms with Crippen molar-refractivity contribution >= 4 is 33.0 Å². The zero-order valence-electron chi connectivity index (χ0n) is 11.4. The average Bonchev–Trinajstić information content (AvgIpc) is 2.95. The van der Waals surface area contributed by atoms with Crippen LogP contribution in [0.4, 0.5) is 0 Å². The van der Waals surface area contributed by atoms with Crippen LogP contribution < -0.4 is 0 Å². The van der Waals surface area contributed by atoms with Crippen molar-refractivity contribution in [2.45, 2.75) is 0 Å². The molecule has 1 heterocycles. The molecule has 0 amide bonds. The molecule has 0 aliphatic heterocycles. The molecule has 0 saturated heterocycles. The number of carbonyl (C=O) groups excluding carboxylic acids is 1. The highest BCUT2D eigenvalue weighted by Gasteiger charge is 2.13. The lowest BCUT2D eigenvalue weighted by molar-refractivity contribution is 0.0557. The van der Waals surface area contributed by atoms with Gasteiger partial charge < -0.3 is 9.15 Å².